The Labute approximate surface area is 153 Å². The van der Waals surface area contributed by atoms with Gasteiger partial charge in [-0.25, -0.2) is 9.97 Å². The van der Waals surface area contributed by atoms with Crippen molar-refractivity contribution in [3.63, 3.8) is 0 Å². The van der Waals surface area contributed by atoms with Crippen molar-refractivity contribution in [1.29, 1.82) is 0 Å². The largest absolute Gasteiger partial charge is 0.460 e. The molecule has 0 atom stereocenters. The number of rotatable bonds is 5. The molecule has 0 saturated heterocycles. The molecule has 0 bridgehead atoms. The maximum Gasteiger partial charge on any atom is 0.316 e. The number of benzene rings is 1. The van der Waals surface area contributed by atoms with Crippen molar-refractivity contribution >= 4 is 5.91 Å². The first-order valence-corrected chi connectivity index (χ1v) is 9.14. The second-order valence-electron chi connectivity index (χ2n) is 6.86. The molecule has 2 saturated carbocycles. The second-order valence-corrected chi connectivity index (χ2v) is 6.86. The van der Waals surface area contributed by atoms with E-state index in [4.69, 9.17) is 4.74 Å². The molecule has 0 spiro atoms. The molecular weight excluding hydrogens is 326 g/mol. The summed E-state index contributed by atoms with van der Waals surface area (Å²) < 4.78 is 5.64. The van der Waals surface area contributed by atoms with Crippen LogP contribution < -0.4 is 10.1 Å². The Balaban J connectivity index is 1.31. The summed E-state index contributed by atoms with van der Waals surface area (Å²) in [5.74, 6) is 6.58. The molecule has 2 aliphatic rings. The number of carbonyl (C=O) groups excluding carboxylic acids is 1. The smallest absolute Gasteiger partial charge is 0.316 e. The number of aromatic nitrogens is 2. The first-order valence-electron chi connectivity index (χ1n) is 9.14. The molecule has 1 N–H and O–H groups in total. The number of amides is 1. The average Bonchev–Trinajstić information content (AvgIpc) is 3.48. The Hall–Kier alpha value is -2.87. The van der Waals surface area contributed by atoms with Crippen molar-refractivity contribution in [3.05, 3.63) is 53.3 Å². The highest BCUT2D eigenvalue weighted by atomic mass is 16.5. The standard InChI is InChI=1S/C21H21N3O2/c25-20(18-10-11-18)22-12-16-7-4-15(5-8-16)6-9-17-13-23-21(24-14-17)26-19-2-1-3-19/h4-5,7-8,13-14,18-19H,1-3,10-12H2,(H,22,25). The molecule has 5 nitrogen and oxygen atoms in total. The third-order valence-electron chi connectivity index (χ3n) is 4.67. The lowest BCUT2D eigenvalue weighted by atomic mass is 9.96. The molecule has 5 heteroatoms. The van der Waals surface area contributed by atoms with Gasteiger partial charge in [-0.05, 0) is 49.8 Å². The number of hydrogen-bond donors (Lipinski definition) is 1. The minimum absolute atomic E-state index is 0.165. The molecule has 2 aromatic rings. The van der Waals surface area contributed by atoms with Crippen molar-refractivity contribution in [1.82, 2.24) is 15.3 Å². The quantitative estimate of drug-likeness (QED) is 0.845. The zero-order valence-electron chi connectivity index (χ0n) is 14.6. The average molecular weight is 347 g/mol. The second kappa shape index (κ2) is 7.57. The maximum absolute atomic E-state index is 11.7. The summed E-state index contributed by atoms with van der Waals surface area (Å²) >= 11 is 0. The molecule has 0 aliphatic heterocycles. The number of ether oxygens (including phenoxy) is 1. The zero-order valence-corrected chi connectivity index (χ0v) is 14.6. The van der Waals surface area contributed by atoms with Crippen LogP contribution in [-0.4, -0.2) is 22.0 Å². The first-order chi connectivity index (χ1) is 12.8. The van der Waals surface area contributed by atoms with E-state index in [2.05, 4.69) is 27.1 Å². The van der Waals surface area contributed by atoms with Crippen molar-refractivity contribution in [3.8, 4) is 17.9 Å². The molecule has 1 heterocycles. The highest BCUT2D eigenvalue weighted by Crippen LogP contribution is 2.28. The van der Waals surface area contributed by atoms with E-state index in [0.29, 0.717) is 12.6 Å². The van der Waals surface area contributed by atoms with Gasteiger partial charge in [0.2, 0.25) is 5.91 Å². The molecule has 4 rings (SSSR count). The van der Waals surface area contributed by atoms with Crippen LogP contribution in [0.5, 0.6) is 6.01 Å². The maximum atomic E-state index is 11.7. The SMILES string of the molecule is O=C(NCc1ccc(C#Cc2cnc(OC3CCC3)nc2)cc1)C1CC1. The van der Waals surface area contributed by atoms with Gasteiger partial charge < -0.3 is 10.1 Å². The highest BCUT2D eigenvalue weighted by Gasteiger charge is 2.29. The summed E-state index contributed by atoms with van der Waals surface area (Å²) in [7, 11) is 0. The lowest BCUT2D eigenvalue weighted by Crippen LogP contribution is -2.25. The molecular formula is C21H21N3O2. The molecule has 1 amide bonds. The fraction of sp³-hybridized carbons (Fsp3) is 0.381. The van der Waals surface area contributed by atoms with Gasteiger partial charge >= 0.3 is 6.01 Å². The monoisotopic (exact) mass is 347 g/mol. The van der Waals surface area contributed by atoms with E-state index in [1.807, 2.05) is 24.3 Å². The van der Waals surface area contributed by atoms with Crippen LogP contribution in [0, 0.1) is 17.8 Å². The molecule has 2 fully saturated rings. The van der Waals surface area contributed by atoms with Crippen LogP contribution in [0.2, 0.25) is 0 Å². The third-order valence-corrected chi connectivity index (χ3v) is 4.67. The Morgan fingerprint density at radius 2 is 1.73 bits per heavy atom. The molecule has 26 heavy (non-hydrogen) atoms. The van der Waals surface area contributed by atoms with Crippen LogP contribution in [0.15, 0.2) is 36.7 Å². The normalized spacial score (nSPS) is 16.2. The number of hydrogen-bond acceptors (Lipinski definition) is 4. The van der Waals surface area contributed by atoms with E-state index in [-0.39, 0.29) is 17.9 Å². The van der Waals surface area contributed by atoms with Crippen molar-refractivity contribution in [2.45, 2.75) is 44.8 Å². The number of nitrogens with one attached hydrogen (secondary N) is 1. The van der Waals surface area contributed by atoms with Crippen LogP contribution >= 0.6 is 0 Å². The number of nitrogens with zero attached hydrogens (tertiary/aromatic N) is 2. The van der Waals surface area contributed by atoms with Crippen LogP contribution in [0.3, 0.4) is 0 Å². The van der Waals surface area contributed by atoms with E-state index >= 15 is 0 Å². The van der Waals surface area contributed by atoms with Crippen molar-refractivity contribution < 1.29 is 9.53 Å². The van der Waals surface area contributed by atoms with Gasteiger partial charge in [-0.1, -0.05) is 24.0 Å². The molecule has 0 radical (unpaired) electrons. The van der Waals surface area contributed by atoms with Gasteiger partial charge in [0.05, 0.1) is 5.56 Å². The lowest BCUT2D eigenvalue weighted by Gasteiger charge is -2.24. The molecule has 1 aromatic carbocycles. The summed E-state index contributed by atoms with van der Waals surface area (Å²) in [4.78, 5) is 20.1. The van der Waals surface area contributed by atoms with Gasteiger partial charge in [0, 0.05) is 30.4 Å². The Morgan fingerprint density at radius 1 is 1.04 bits per heavy atom. The topological polar surface area (TPSA) is 64.1 Å². The summed E-state index contributed by atoms with van der Waals surface area (Å²) in [5, 5.41) is 2.96. The van der Waals surface area contributed by atoms with Gasteiger partial charge in [-0.3, -0.25) is 4.79 Å². The minimum atomic E-state index is 0.165. The molecule has 132 valence electrons. The zero-order chi connectivity index (χ0) is 17.8. The van der Waals surface area contributed by atoms with Crippen LogP contribution in [-0.2, 0) is 11.3 Å². The van der Waals surface area contributed by atoms with E-state index in [1.54, 1.807) is 12.4 Å². The van der Waals surface area contributed by atoms with Gasteiger partial charge in [0.15, 0.2) is 0 Å². The number of carbonyl (C=O) groups is 1. The summed E-state index contributed by atoms with van der Waals surface area (Å²) in [6.45, 7) is 0.569. The Bertz CT molecular complexity index is 826. The van der Waals surface area contributed by atoms with Gasteiger partial charge in [0.25, 0.3) is 0 Å². The predicted octanol–water partition coefficient (Wildman–Crippen LogP) is 2.83. The van der Waals surface area contributed by atoms with Gasteiger partial charge in [-0.15, -0.1) is 0 Å². The fourth-order valence-corrected chi connectivity index (χ4v) is 2.61. The van der Waals surface area contributed by atoms with E-state index in [9.17, 15) is 4.79 Å². The lowest BCUT2D eigenvalue weighted by molar-refractivity contribution is -0.122. The van der Waals surface area contributed by atoms with Gasteiger partial charge in [-0.2, -0.15) is 0 Å². The molecule has 2 aliphatic carbocycles. The van der Waals surface area contributed by atoms with E-state index in [0.717, 1.165) is 42.4 Å². The molecule has 0 unspecified atom stereocenters. The van der Waals surface area contributed by atoms with Crippen molar-refractivity contribution in [2.75, 3.05) is 0 Å². The van der Waals surface area contributed by atoms with Crippen LogP contribution in [0.4, 0.5) is 0 Å². The van der Waals surface area contributed by atoms with Gasteiger partial charge in [0.1, 0.15) is 6.10 Å². The highest BCUT2D eigenvalue weighted by molar-refractivity contribution is 5.80. The summed E-state index contributed by atoms with van der Waals surface area (Å²) in [5.41, 5.74) is 2.74. The predicted molar refractivity (Wildman–Crippen MR) is 97.3 cm³/mol. The van der Waals surface area contributed by atoms with Crippen LogP contribution in [0.25, 0.3) is 0 Å². The van der Waals surface area contributed by atoms with E-state index < -0.39 is 0 Å². The minimum Gasteiger partial charge on any atom is -0.460 e. The third kappa shape index (κ3) is 4.40. The summed E-state index contributed by atoms with van der Waals surface area (Å²) in [6.07, 6.45) is 9.11. The van der Waals surface area contributed by atoms with Crippen molar-refractivity contribution in [2.24, 2.45) is 5.92 Å². The Kier molecular flexibility index (Phi) is 4.83. The fourth-order valence-electron chi connectivity index (χ4n) is 2.61. The van der Waals surface area contributed by atoms with E-state index in [1.165, 1.54) is 6.42 Å². The summed E-state index contributed by atoms with van der Waals surface area (Å²) in [6, 6.07) is 8.32. The Morgan fingerprint density at radius 3 is 2.35 bits per heavy atom. The van der Waals surface area contributed by atoms with Crippen LogP contribution in [0.1, 0.15) is 48.8 Å². The molecule has 1 aromatic heterocycles. The first kappa shape index (κ1) is 16.6.